The molecule has 0 aliphatic rings. The molecule has 0 N–H and O–H groups in total. The van der Waals surface area contributed by atoms with E-state index in [-0.39, 0.29) is 0 Å². The molecule has 120 valence electrons. The van der Waals surface area contributed by atoms with Crippen LogP contribution in [0.2, 0.25) is 0 Å². The number of allylic oxidation sites excluding steroid dienone is 4. The van der Waals surface area contributed by atoms with Crippen molar-refractivity contribution in [3.05, 3.63) is 83.8 Å². The number of pyridine rings is 1. The Labute approximate surface area is 140 Å². The summed E-state index contributed by atoms with van der Waals surface area (Å²) in [6.45, 7) is 10.1. The Kier molecular flexibility index (Phi) is 8.30. The first-order valence-electron chi connectivity index (χ1n) is 8.06. The average Bonchev–Trinajstić information content (AvgIpc) is 2.63. The quantitative estimate of drug-likeness (QED) is 0.508. The van der Waals surface area contributed by atoms with Gasteiger partial charge in [0.25, 0.3) is 0 Å². The molecule has 0 aliphatic carbocycles. The van der Waals surface area contributed by atoms with Crippen molar-refractivity contribution in [2.45, 2.75) is 34.6 Å². The first-order chi connectivity index (χ1) is 11.2. The minimum atomic E-state index is 0.987. The van der Waals surface area contributed by atoms with Crippen LogP contribution in [-0.4, -0.2) is 10.7 Å². The fourth-order valence-electron chi connectivity index (χ4n) is 2.14. The molecule has 0 spiro atoms. The Balaban J connectivity index is 0.00000127. The molecule has 2 rings (SSSR count). The summed E-state index contributed by atoms with van der Waals surface area (Å²) in [6.07, 6.45) is 7.80. The van der Waals surface area contributed by atoms with Crippen LogP contribution in [0.25, 0.3) is 5.57 Å². The van der Waals surface area contributed by atoms with Gasteiger partial charge >= 0.3 is 0 Å². The number of benzene rings is 1. The Morgan fingerprint density at radius 2 is 1.52 bits per heavy atom. The van der Waals surface area contributed by atoms with Crippen LogP contribution in [0.1, 0.15) is 45.7 Å². The van der Waals surface area contributed by atoms with Gasteiger partial charge in [-0.15, -0.1) is 0 Å². The van der Waals surface area contributed by atoms with Crippen molar-refractivity contribution in [1.82, 2.24) is 4.98 Å². The van der Waals surface area contributed by atoms with Crippen LogP contribution in [-0.2, 0) is 0 Å². The third-order valence-electron chi connectivity index (χ3n) is 3.22. The standard InChI is InChI=1S/C19H20N2.C2H6/c1-4-17(19-10-12-20-13-11-19)14-15(2)21-16(3)18-8-6-5-7-9-18;1-2/h4-14H,1-3H3;1-2H3/b15-14-,17-4+,21-16?;. The van der Waals surface area contributed by atoms with E-state index in [1.165, 1.54) is 0 Å². The van der Waals surface area contributed by atoms with Crippen LogP contribution >= 0.6 is 0 Å². The molecule has 2 aromatic rings. The molecule has 0 saturated carbocycles. The van der Waals surface area contributed by atoms with Crippen LogP contribution in [0.5, 0.6) is 0 Å². The lowest BCUT2D eigenvalue weighted by Gasteiger charge is -2.04. The van der Waals surface area contributed by atoms with E-state index in [2.05, 4.69) is 34.3 Å². The highest BCUT2D eigenvalue weighted by Crippen LogP contribution is 2.17. The van der Waals surface area contributed by atoms with Gasteiger partial charge in [-0.05, 0) is 55.7 Å². The van der Waals surface area contributed by atoms with E-state index in [1.807, 2.05) is 65.0 Å². The van der Waals surface area contributed by atoms with Gasteiger partial charge in [0.15, 0.2) is 0 Å². The number of hydrogen-bond donors (Lipinski definition) is 0. The molecule has 0 radical (unpaired) electrons. The molecule has 23 heavy (non-hydrogen) atoms. The first kappa shape index (κ1) is 18.6. The van der Waals surface area contributed by atoms with E-state index in [9.17, 15) is 0 Å². The second kappa shape index (κ2) is 10.3. The van der Waals surface area contributed by atoms with Crippen LogP contribution in [0.3, 0.4) is 0 Å². The zero-order valence-corrected chi connectivity index (χ0v) is 14.7. The van der Waals surface area contributed by atoms with Crippen molar-refractivity contribution in [3.63, 3.8) is 0 Å². The molecule has 0 unspecified atom stereocenters. The molecular formula is C21H26N2. The van der Waals surface area contributed by atoms with Gasteiger partial charge in [-0.25, -0.2) is 0 Å². The Hall–Kier alpha value is -2.48. The van der Waals surface area contributed by atoms with Crippen molar-refractivity contribution >= 4 is 11.3 Å². The molecule has 1 aromatic heterocycles. The van der Waals surface area contributed by atoms with E-state index >= 15 is 0 Å². The summed E-state index contributed by atoms with van der Waals surface area (Å²) in [7, 11) is 0. The lowest BCUT2D eigenvalue weighted by atomic mass is 10.1. The molecule has 0 fully saturated rings. The summed E-state index contributed by atoms with van der Waals surface area (Å²) in [4.78, 5) is 8.74. The number of nitrogens with zero attached hydrogens (tertiary/aromatic N) is 2. The van der Waals surface area contributed by atoms with E-state index in [1.54, 1.807) is 12.4 Å². The van der Waals surface area contributed by atoms with Gasteiger partial charge in [0.2, 0.25) is 0 Å². The van der Waals surface area contributed by atoms with Gasteiger partial charge in [-0.1, -0.05) is 50.3 Å². The topological polar surface area (TPSA) is 25.2 Å². The maximum atomic E-state index is 4.68. The second-order valence-corrected chi connectivity index (χ2v) is 4.83. The second-order valence-electron chi connectivity index (χ2n) is 4.83. The summed E-state index contributed by atoms with van der Waals surface area (Å²) in [5.74, 6) is 0. The third-order valence-corrected chi connectivity index (χ3v) is 3.22. The zero-order valence-electron chi connectivity index (χ0n) is 14.7. The van der Waals surface area contributed by atoms with Crippen LogP contribution in [0.4, 0.5) is 0 Å². The fraction of sp³-hybridized carbons (Fsp3) is 0.238. The summed E-state index contributed by atoms with van der Waals surface area (Å²) in [5, 5.41) is 0. The largest absolute Gasteiger partial charge is 0.265 e. The maximum absolute atomic E-state index is 4.68. The Morgan fingerprint density at radius 3 is 2.09 bits per heavy atom. The molecule has 2 nitrogen and oxygen atoms in total. The number of hydrogen-bond acceptors (Lipinski definition) is 2. The van der Waals surface area contributed by atoms with Gasteiger partial charge in [0, 0.05) is 23.8 Å². The van der Waals surface area contributed by atoms with Crippen molar-refractivity contribution in [2.75, 3.05) is 0 Å². The van der Waals surface area contributed by atoms with E-state index in [0.717, 1.165) is 28.1 Å². The summed E-state index contributed by atoms with van der Waals surface area (Å²) < 4.78 is 0. The van der Waals surface area contributed by atoms with Crippen molar-refractivity contribution in [2.24, 2.45) is 4.99 Å². The van der Waals surface area contributed by atoms with Gasteiger partial charge in [0.1, 0.15) is 0 Å². The molecule has 0 bridgehead atoms. The highest BCUT2D eigenvalue weighted by atomic mass is 14.7. The molecule has 0 atom stereocenters. The minimum absolute atomic E-state index is 0.987. The van der Waals surface area contributed by atoms with Gasteiger partial charge < -0.3 is 0 Å². The Bertz CT molecular complexity index is 666. The number of aliphatic imine (C=N–C) groups is 1. The number of aromatic nitrogens is 1. The summed E-state index contributed by atoms with van der Waals surface area (Å²) in [6, 6.07) is 14.2. The zero-order chi connectivity index (χ0) is 17.1. The summed E-state index contributed by atoms with van der Waals surface area (Å²) in [5.41, 5.74) is 5.46. The predicted octanol–water partition coefficient (Wildman–Crippen LogP) is 5.92. The van der Waals surface area contributed by atoms with Gasteiger partial charge in [-0.3, -0.25) is 9.98 Å². The van der Waals surface area contributed by atoms with Gasteiger partial charge in [-0.2, -0.15) is 0 Å². The van der Waals surface area contributed by atoms with Crippen molar-refractivity contribution in [1.29, 1.82) is 0 Å². The fourth-order valence-corrected chi connectivity index (χ4v) is 2.14. The van der Waals surface area contributed by atoms with E-state index < -0.39 is 0 Å². The molecule has 1 heterocycles. The number of rotatable bonds is 4. The summed E-state index contributed by atoms with van der Waals surface area (Å²) >= 11 is 0. The highest BCUT2D eigenvalue weighted by Gasteiger charge is 1.99. The van der Waals surface area contributed by atoms with Crippen molar-refractivity contribution < 1.29 is 0 Å². The third kappa shape index (κ3) is 6.03. The van der Waals surface area contributed by atoms with Crippen molar-refractivity contribution in [3.8, 4) is 0 Å². The molecule has 0 saturated heterocycles. The maximum Gasteiger partial charge on any atom is 0.0448 e. The van der Waals surface area contributed by atoms with Crippen LogP contribution in [0, 0.1) is 0 Å². The molecule has 0 amide bonds. The monoisotopic (exact) mass is 306 g/mol. The highest BCUT2D eigenvalue weighted by molar-refractivity contribution is 5.99. The normalized spacial score (nSPS) is 12.5. The van der Waals surface area contributed by atoms with E-state index in [0.29, 0.717) is 0 Å². The lowest BCUT2D eigenvalue weighted by molar-refractivity contribution is 1.28. The first-order valence-corrected chi connectivity index (χ1v) is 8.06. The van der Waals surface area contributed by atoms with Gasteiger partial charge in [0.05, 0.1) is 0 Å². The minimum Gasteiger partial charge on any atom is -0.265 e. The molecule has 1 aromatic carbocycles. The SMILES string of the molecule is C/C=C(\C=C(\C)N=C(C)c1ccccc1)c1ccncc1.CC. The van der Waals surface area contributed by atoms with Crippen LogP contribution in [0.15, 0.2) is 77.7 Å². The molecule has 0 aliphatic heterocycles. The lowest BCUT2D eigenvalue weighted by Crippen LogP contribution is -1.94. The smallest absolute Gasteiger partial charge is 0.0448 e. The average molecular weight is 306 g/mol. The molecule has 2 heteroatoms. The predicted molar refractivity (Wildman–Crippen MR) is 102 cm³/mol. The van der Waals surface area contributed by atoms with Crippen LogP contribution < -0.4 is 0 Å². The molecular weight excluding hydrogens is 280 g/mol. The van der Waals surface area contributed by atoms with E-state index in [4.69, 9.17) is 0 Å². The Morgan fingerprint density at radius 1 is 0.913 bits per heavy atom.